The normalized spacial score (nSPS) is 11.1. The fourth-order valence-electron chi connectivity index (χ4n) is 3.42. The maximum Gasteiger partial charge on any atom is 0.264 e. The van der Waals surface area contributed by atoms with Crippen molar-refractivity contribution >= 4 is 33.2 Å². The molecule has 0 aliphatic heterocycles. The van der Waals surface area contributed by atoms with Gasteiger partial charge in [0.15, 0.2) is 0 Å². The van der Waals surface area contributed by atoms with Crippen LogP contribution in [0.25, 0.3) is 0 Å². The highest BCUT2D eigenvalue weighted by molar-refractivity contribution is 7.92. The van der Waals surface area contributed by atoms with E-state index in [-0.39, 0.29) is 16.7 Å². The maximum absolute atomic E-state index is 12.9. The third-order valence-electron chi connectivity index (χ3n) is 5.61. The van der Waals surface area contributed by atoms with Gasteiger partial charge >= 0.3 is 0 Å². The molecule has 178 valence electrons. The van der Waals surface area contributed by atoms with Crippen LogP contribution in [0, 0.1) is 6.92 Å². The first kappa shape index (κ1) is 25.0. The molecule has 0 aromatic heterocycles. The van der Waals surface area contributed by atoms with Crippen LogP contribution >= 0.6 is 0 Å². The standard InChI is InChI=1S/C26H29N3O4S/c1-5-29(6-2)26(31)21-9-13-22(14-10-21)27-25(30)20-11-15-23(16-12-20)28(4)34(32,33)24-17-7-19(3)8-18-24/h7-18H,5-6H2,1-4H3,(H,27,30). The molecule has 0 unspecified atom stereocenters. The van der Waals surface area contributed by atoms with E-state index >= 15 is 0 Å². The van der Waals surface area contributed by atoms with E-state index in [9.17, 15) is 18.0 Å². The smallest absolute Gasteiger partial charge is 0.264 e. The van der Waals surface area contributed by atoms with E-state index in [1.807, 2.05) is 20.8 Å². The van der Waals surface area contributed by atoms with E-state index in [0.29, 0.717) is 35.6 Å². The second-order valence-corrected chi connectivity index (χ2v) is 9.81. The average molecular weight is 480 g/mol. The number of hydrogen-bond donors (Lipinski definition) is 1. The molecule has 0 radical (unpaired) electrons. The van der Waals surface area contributed by atoms with Gasteiger partial charge in [0, 0.05) is 37.0 Å². The summed E-state index contributed by atoms with van der Waals surface area (Å²) in [5, 5.41) is 2.80. The van der Waals surface area contributed by atoms with Crippen LogP contribution in [-0.2, 0) is 10.0 Å². The van der Waals surface area contributed by atoms with Gasteiger partial charge in [-0.1, -0.05) is 17.7 Å². The van der Waals surface area contributed by atoms with Crippen molar-refractivity contribution in [1.29, 1.82) is 0 Å². The van der Waals surface area contributed by atoms with E-state index in [1.165, 1.54) is 11.4 Å². The zero-order valence-corrected chi connectivity index (χ0v) is 20.6. The van der Waals surface area contributed by atoms with Crippen molar-refractivity contribution in [2.75, 3.05) is 29.8 Å². The third kappa shape index (κ3) is 5.46. The summed E-state index contributed by atoms with van der Waals surface area (Å²) in [5.74, 6) is -0.387. The molecule has 7 nitrogen and oxygen atoms in total. The summed E-state index contributed by atoms with van der Waals surface area (Å²) < 4.78 is 26.9. The molecule has 3 rings (SSSR count). The highest BCUT2D eigenvalue weighted by Gasteiger charge is 2.21. The van der Waals surface area contributed by atoms with Crippen LogP contribution in [0.1, 0.15) is 40.1 Å². The molecule has 0 saturated carbocycles. The summed E-state index contributed by atoms with van der Waals surface area (Å²) in [6, 6.07) is 19.7. The van der Waals surface area contributed by atoms with Crippen molar-refractivity contribution in [3.05, 3.63) is 89.5 Å². The summed E-state index contributed by atoms with van der Waals surface area (Å²) in [5.41, 5.74) is 2.92. The van der Waals surface area contributed by atoms with Crippen molar-refractivity contribution in [3.8, 4) is 0 Å². The molecule has 0 atom stereocenters. The lowest BCUT2D eigenvalue weighted by Gasteiger charge is -2.20. The van der Waals surface area contributed by atoms with E-state index in [2.05, 4.69) is 5.32 Å². The Kier molecular flexibility index (Phi) is 7.73. The van der Waals surface area contributed by atoms with Crippen LogP contribution in [0.15, 0.2) is 77.7 Å². The van der Waals surface area contributed by atoms with Gasteiger partial charge < -0.3 is 10.2 Å². The minimum atomic E-state index is -3.71. The molecule has 0 heterocycles. The Balaban J connectivity index is 1.69. The number of amides is 2. The Labute approximate surface area is 201 Å². The summed E-state index contributed by atoms with van der Waals surface area (Å²) in [4.78, 5) is 27.0. The minimum absolute atomic E-state index is 0.0526. The van der Waals surface area contributed by atoms with Gasteiger partial charge in [0.25, 0.3) is 21.8 Å². The average Bonchev–Trinajstić information content (AvgIpc) is 2.85. The van der Waals surface area contributed by atoms with Crippen LogP contribution < -0.4 is 9.62 Å². The van der Waals surface area contributed by atoms with E-state index in [1.54, 1.807) is 77.7 Å². The van der Waals surface area contributed by atoms with Gasteiger partial charge in [-0.3, -0.25) is 13.9 Å². The second kappa shape index (κ2) is 10.5. The molecule has 0 spiro atoms. The fraction of sp³-hybridized carbons (Fsp3) is 0.231. The number of hydrogen-bond acceptors (Lipinski definition) is 4. The van der Waals surface area contributed by atoms with Crippen molar-refractivity contribution < 1.29 is 18.0 Å². The number of nitrogens with zero attached hydrogens (tertiary/aromatic N) is 2. The van der Waals surface area contributed by atoms with Gasteiger partial charge in [0.1, 0.15) is 0 Å². The van der Waals surface area contributed by atoms with E-state index in [0.717, 1.165) is 5.56 Å². The zero-order valence-electron chi connectivity index (χ0n) is 19.8. The summed E-state index contributed by atoms with van der Waals surface area (Å²) in [6.45, 7) is 7.01. The van der Waals surface area contributed by atoms with Crippen molar-refractivity contribution in [3.63, 3.8) is 0 Å². The highest BCUT2D eigenvalue weighted by atomic mass is 32.2. The zero-order chi connectivity index (χ0) is 24.9. The van der Waals surface area contributed by atoms with Crippen LogP contribution in [0.2, 0.25) is 0 Å². The predicted molar refractivity (Wildman–Crippen MR) is 135 cm³/mol. The molecule has 0 bridgehead atoms. The number of aryl methyl sites for hydroxylation is 1. The molecule has 34 heavy (non-hydrogen) atoms. The molecule has 3 aromatic rings. The molecule has 8 heteroatoms. The monoisotopic (exact) mass is 479 g/mol. The van der Waals surface area contributed by atoms with Gasteiger partial charge in [-0.15, -0.1) is 0 Å². The molecule has 0 fully saturated rings. The molecule has 1 N–H and O–H groups in total. The Hall–Kier alpha value is -3.65. The quantitative estimate of drug-likeness (QED) is 0.513. The van der Waals surface area contributed by atoms with Crippen molar-refractivity contribution in [1.82, 2.24) is 4.90 Å². The molecule has 3 aromatic carbocycles. The Morgan fingerprint density at radius 3 is 1.85 bits per heavy atom. The first-order valence-corrected chi connectivity index (χ1v) is 12.5. The summed E-state index contributed by atoms with van der Waals surface area (Å²) >= 11 is 0. The summed E-state index contributed by atoms with van der Waals surface area (Å²) in [7, 11) is -2.23. The molecular formula is C26H29N3O4S. The van der Waals surface area contributed by atoms with Crippen LogP contribution in [0.5, 0.6) is 0 Å². The predicted octanol–water partition coefficient (Wildman–Crippen LogP) is 4.55. The topological polar surface area (TPSA) is 86.8 Å². The molecule has 0 saturated heterocycles. The first-order chi connectivity index (χ1) is 16.2. The highest BCUT2D eigenvalue weighted by Crippen LogP contribution is 2.23. The summed E-state index contributed by atoms with van der Waals surface area (Å²) in [6.07, 6.45) is 0. The lowest BCUT2D eigenvalue weighted by atomic mass is 10.1. The number of anilines is 2. The number of nitrogens with one attached hydrogen (secondary N) is 1. The van der Waals surface area contributed by atoms with Gasteiger partial charge in [-0.2, -0.15) is 0 Å². The van der Waals surface area contributed by atoms with Crippen LogP contribution in [0.3, 0.4) is 0 Å². The Bertz CT molecular complexity index is 1250. The number of benzene rings is 3. The fourth-order valence-corrected chi connectivity index (χ4v) is 4.62. The third-order valence-corrected chi connectivity index (χ3v) is 7.41. The van der Waals surface area contributed by atoms with Crippen molar-refractivity contribution in [2.45, 2.75) is 25.7 Å². The number of carbonyl (C=O) groups excluding carboxylic acids is 2. The Morgan fingerprint density at radius 1 is 0.794 bits per heavy atom. The van der Waals surface area contributed by atoms with E-state index in [4.69, 9.17) is 0 Å². The number of sulfonamides is 1. The van der Waals surface area contributed by atoms with Gasteiger partial charge in [-0.25, -0.2) is 8.42 Å². The van der Waals surface area contributed by atoms with Crippen LogP contribution in [0.4, 0.5) is 11.4 Å². The molecular weight excluding hydrogens is 450 g/mol. The van der Waals surface area contributed by atoms with Crippen molar-refractivity contribution in [2.24, 2.45) is 0 Å². The lowest BCUT2D eigenvalue weighted by molar-refractivity contribution is 0.0773. The first-order valence-electron chi connectivity index (χ1n) is 11.0. The van der Waals surface area contributed by atoms with Gasteiger partial charge in [-0.05, 0) is 81.4 Å². The SMILES string of the molecule is CCN(CC)C(=O)c1ccc(NC(=O)c2ccc(N(C)S(=O)(=O)c3ccc(C)cc3)cc2)cc1. The minimum Gasteiger partial charge on any atom is -0.339 e. The Morgan fingerprint density at radius 2 is 1.32 bits per heavy atom. The largest absolute Gasteiger partial charge is 0.339 e. The van der Waals surface area contributed by atoms with Crippen LogP contribution in [-0.4, -0.2) is 45.3 Å². The molecule has 2 amide bonds. The van der Waals surface area contributed by atoms with Gasteiger partial charge in [0.2, 0.25) is 0 Å². The number of carbonyl (C=O) groups is 2. The lowest BCUT2D eigenvalue weighted by Crippen LogP contribution is -2.30. The van der Waals surface area contributed by atoms with E-state index < -0.39 is 10.0 Å². The molecule has 0 aliphatic carbocycles. The number of rotatable bonds is 8. The maximum atomic E-state index is 12.9. The molecule has 0 aliphatic rings. The van der Waals surface area contributed by atoms with Gasteiger partial charge in [0.05, 0.1) is 10.6 Å². The second-order valence-electron chi connectivity index (χ2n) is 7.84.